The van der Waals surface area contributed by atoms with Crippen molar-refractivity contribution in [2.45, 2.75) is 6.92 Å². The fourth-order valence-corrected chi connectivity index (χ4v) is 1.60. The van der Waals surface area contributed by atoms with E-state index in [9.17, 15) is 18.0 Å². The maximum Gasteiger partial charge on any atom is 0.182 e. The number of halogens is 3. The molecule has 0 bridgehead atoms. The minimum atomic E-state index is -1.41. The molecule has 1 unspecified atom stereocenters. The first-order valence-corrected chi connectivity index (χ1v) is 5.73. The second kappa shape index (κ2) is 6.30. The standard InChI is InChI=1S/C13H9F3N2OS/c1-6(2)12(19)8(5-17)13(20)18-11-9(15)3-7(14)4-10(11)16/h3-4,8H,1H2,2H3,(H,18,20). The molecule has 0 aliphatic carbocycles. The van der Waals surface area contributed by atoms with Gasteiger partial charge in [-0.3, -0.25) is 4.79 Å². The highest BCUT2D eigenvalue weighted by atomic mass is 32.1. The van der Waals surface area contributed by atoms with Crippen molar-refractivity contribution in [3.63, 3.8) is 0 Å². The van der Waals surface area contributed by atoms with Crippen molar-refractivity contribution in [1.82, 2.24) is 0 Å². The predicted molar refractivity (Wildman–Crippen MR) is 71.5 cm³/mol. The van der Waals surface area contributed by atoms with Gasteiger partial charge in [-0.15, -0.1) is 0 Å². The van der Waals surface area contributed by atoms with Crippen LogP contribution >= 0.6 is 12.2 Å². The molecule has 0 fully saturated rings. The van der Waals surface area contributed by atoms with Crippen molar-refractivity contribution in [3.05, 3.63) is 41.7 Å². The number of nitrogens with zero attached hydrogens (tertiary/aromatic N) is 1. The van der Waals surface area contributed by atoms with E-state index in [1.54, 1.807) is 6.07 Å². The van der Waals surface area contributed by atoms with E-state index in [4.69, 9.17) is 17.5 Å². The number of rotatable bonds is 4. The Morgan fingerprint density at radius 3 is 2.30 bits per heavy atom. The highest BCUT2D eigenvalue weighted by Crippen LogP contribution is 2.21. The van der Waals surface area contributed by atoms with Gasteiger partial charge in [0.05, 0.1) is 6.07 Å². The van der Waals surface area contributed by atoms with Crippen molar-refractivity contribution in [1.29, 1.82) is 5.26 Å². The van der Waals surface area contributed by atoms with Crippen LogP contribution in [0.5, 0.6) is 0 Å². The molecular formula is C13H9F3N2OS. The Bertz CT molecular complexity index is 614. The molecule has 0 heterocycles. The van der Waals surface area contributed by atoms with Crippen LogP contribution in [0.4, 0.5) is 18.9 Å². The number of anilines is 1. The third kappa shape index (κ3) is 3.42. The Balaban J connectivity index is 3.05. The van der Waals surface area contributed by atoms with Gasteiger partial charge in [-0.25, -0.2) is 13.2 Å². The maximum atomic E-state index is 13.4. The summed E-state index contributed by atoms with van der Waals surface area (Å²) in [4.78, 5) is 11.2. The van der Waals surface area contributed by atoms with E-state index in [1.807, 2.05) is 0 Å². The van der Waals surface area contributed by atoms with E-state index in [2.05, 4.69) is 11.9 Å². The van der Waals surface area contributed by atoms with E-state index >= 15 is 0 Å². The largest absolute Gasteiger partial charge is 0.344 e. The second-order valence-electron chi connectivity index (χ2n) is 3.94. The number of ketones is 1. The molecule has 7 heteroatoms. The number of nitrogens with one attached hydrogen (secondary N) is 1. The number of hydrogen-bond donors (Lipinski definition) is 1. The zero-order valence-corrected chi connectivity index (χ0v) is 11.2. The fraction of sp³-hybridized carbons (Fsp3) is 0.154. The smallest absolute Gasteiger partial charge is 0.182 e. The molecule has 0 radical (unpaired) electrons. The molecule has 20 heavy (non-hydrogen) atoms. The molecule has 1 N–H and O–H groups in total. The van der Waals surface area contributed by atoms with E-state index in [0.29, 0.717) is 12.1 Å². The number of thiocarbonyl (C=S) groups is 1. The molecule has 1 aromatic rings. The Morgan fingerprint density at radius 2 is 1.90 bits per heavy atom. The minimum absolute atomic E-state index is 0.0840. The Hall–Kier alpha value is -2.20. The summed E-state index contributed by atoms with van der Waals surface area (Å²) in [6.45, 7) is 4.76. The number of hydrogen-bond acceptors (Lipinski definition) is 3. The predicted octanol–water partition coefficient (Wildman–Crippen LogP) is 3.13. The molecule has 1 rings (SSSR count). The van der Waals surface area contributed by atoms with Gasteiger partial charge in [0.25, 0.3) is 0 Å². The maximum absolute atomic E-state index is 13.4. The van der Waals surface area contributed by atoms with Crippen molar-refractivity contribution >= 4 is 28.7 Å². The fourth-order valence-electron chi connectivity index (χ4n) is 1.34. The molecule has 0 saturated carbocycles. The van der Waals surface area contributed by atoms with Crippen LogP contribution in [0.1, 0.15) is 6.92 Å². The van der Waals surface area contributed by atoms with Gasteiger partial charge >= 0.3 is 0 Å². The highest BCUT2D eigenvalue weighted by Gasteiger charge is 2.25. The SMILES string of the molecule is C=C(C)C(=O)C(C#N)C(=S)Nc1c(F)cc(F)cc1F. The summed E-state index contributed by atoms with van der Waals surface area (Å²) in [5.74, 6) is -5.60. The summed E-state index contributed by atoms with van der Waals surface area (Å²) in [5, 5.41) is 11.0. The van der Waals surface area contributed by atoms with Gasteiger partial charge < -0.3 is 5.32 Å². The second-order valence-corrected chi connectivity index (χ2v) is 4.38. The highest BCUT2D eigenvalue weighted by molar-refractivity contribution is 7.80. The van der Waals surface area contributed by atoms with Crippen LogP contribution in [-0.2, 0) is 4.79 Å². The van der Waals surface area contributed by atoms with Gasteiger partial charge in [0, 0.05) is 12.1 Å². The van der Waals surface area contributed by atoms with Crippen LogP contribution in [0, 0.1) is 34.7 Å². The van der Waals surface area contributed by atoms with E-state index in [-0.39, 0.29) is 10.6 Å². The monoisotopic (exact) mass is 298 g/mol. The lowest BCUT2D eigenvalue weighted by molar-refractivity contribution is -0.116. The molecule has 104 valence electrons. The van der Waals surface area contributed by atoms with Crippen LogP contribution in [-0.4, -0.2) is 10.8 Å². The molecule has 0 amide bonds. The quantitative estimate of drug-likeness (QED) is 0.685. The van der Waals surface area contributed by atoms with Crippen molar-refractivity contribution in [2.75, 3.05) is 5.32 Å². The first-order valence-electron chi connectivity index (χ1n) is 5.32. The summed E-state index contributed by atoms with van der Waals surface area (Å²) < 4.78 is 39.6. The van der Waals surface area contributed by atoms with Gasteiger partial charge in [-0.05, 0) is 12.5 Å². The summed E-state index contributed by atoms with van der Waals surface area (Å²) in [6.07, 6.45) is 0. The van der Waals surface area contributed by atoms with Gasteiger partial charge in [0.15, 0.2) is 23.3 Å². The average Bonchev–Trinajstić information content (AvgIpc) is 2.34. The molecule has 0 spiro atoms. The zero-order chi connectivity index (χ0) is 15.4. The molecular weight excluding hydrogens is 289 g/mol. The molecule has 3 nitrogen and oxygen atoms in total. The number of carbonyl (C=O) groups excluding carboxylic acids is 1. The summed E-state index contributed by atoms with van der Waals surface area (Å²) in [5.41, 5.74) is -0.632. The average molecular weight is 298 g/mol. The van der Waals surface area contributed by atoms with Crippen LogP contribution in [0.3, 0.4) is 0 Å². The molecule has 0 aliphatic rings. The molecule has 1 atom stereocenters. The van der Waals surface area contributed by atoms with Gasteiger partial charge in [-0.1, -0.05) is 18.8 Å². The summed E-state index contributed by atoms with van der Waals surface area (Å²) in [6, 6.07) is 2.53. The van der Waals surface area contributed by atoms with Crippen molar-refractivity contribution in [3.8, 4) is 6.07 Å². The Kier molecular flexibility index (Phi) is 5.00. The summed E-state index contributed by atoms with van der Waals surface area (Å²) >= 11 is 4.78. The molecule has 0 aliphatic heterocycles. The van der Waals surface area contributed by atoms with Crippen LogP contribution in [0.25, 0.3) is 0 Å². The van der Waals surface area contributed by atoms with Gasteiger partial charge in [0.2, 0.25) is 0 Å². The number of Topliss-reactive ketones (excluding diaryl/α,β-unsaturated/α-hetero) is 1. The first-order chi connectivity index (χ1) is 9.27. The van der Waals surface area contributed by atoms with Gasteiger partial charge in [-0.2, -0.15) is 5.26 Å². The van der Waals surface area contributed by atoms with E-state index in [1.165, 1.54) is 6.92 Å². The third-order valence-corrected chi connectivity index (χ3v) is 2.67. The summed E-state index contributed by atoms with van der Waals surface area (Å²) in [7, 11) is 0. The van der Waals surface area contributed by atoms with Crippen LogP contribution < -0.4 is 5.32 Å². The topological polar surface area (TPSA) is 52.9 Å². The van der Waals surface area contributed by atoms with E-state index in [0.717, 1.165) is 0 Å². The van der Waals surface area contributed by atoms with Crippen molar-refractivity contribution < 1.29 is 18.0 Å². The minimum Gasteiger partial charge on any atom is -0.344 e. The van der Waals surface area contributed by atoms with E-state index < -0.39 is 34.8 Å². The zero-order valence-electron chi connectivity index (χ0n) is 10.3. The lowest BCUT2D eigenvalue weighted by atomic mass is 10.0. The Morgan fingerprint density at radius 1 is 1.40 bits per heavy atom. The Labute approximate surface area is 118 Å². The number of benzene rings is 1. The lowest BCUT2D eigenvalue weighted by Crippen LogP contribution is -2.28. The first kappa shape index (κ1) is 15.9. The molecule has 0 saturated heterocycles. The normalized spacial score (nSPS) is 11.3. The molecule has 1 aromatic carbocycles. The molecule has 0 aromatic heterocycles. The number of nitriles is 1. The third-order valence-electron chi connectivity index (χ3n) is 2.33. The number of allylic oxidation sites excluding steroid dienone is 1. The van der Waals surface area contributed by atoms with Gasteiger partial charge in [0.1, 0.15) is 16.5 Å². The van der Waals surface area contributed by atoms with Crippen molar-refractivity contribution in [2.24, 2.45) is 5.92 Å². The van der Waals surface area contributed by atoms with Crippen LogP contribution in [0.2, 0.25) is 0 Å². The lowest BCUT2D eigenvalue weighted by Gasteiger charge is -2.13. The van der Waals surface area contributed by atoms with Crippen LogP contribution in [0.15, 0.2) is 24.3 Å². The number of carbonyl (C=O) groups is 1.